The number of aliphatic hydroxyl groups is 1. The van der Waals surface area contributed by atoms with Crippen LogP contribution in [0.1, 0.15) is 36.8 Å². The fraction of sp³-hybridized carbons (Fsp3) is 0.647. The van der Waals surface area contributed by atoms with Crippen LogP contribution in [-0.4, -0.2) is 41.3 Å². The average molecular weight is 271 g/mol. The summed E-state index contributed by atoms with van der Waals surface area (Å²) in [4.78, 5) is 2.38. The van der Waals surface area contributed by atoms with Crippen molar-refractivity contribution in [3.8, 4) is 5.75 Å². The summed E-state index contributed by atoms with van der Waals surface area (Å²) in [5, 5.41) is 11.7. The molecule has 5 rings (SSSR count). The lowest BCUT2D eigenvalue weighted by Gasteiger charge is -2.62. The fourth-order valence-electron chi connectivity index (χ4n) is 5.72. The highest BCUT2D eigenvalue weighted by Crippen LogP contribution is 2.63. The second-order valence-electron chi connectivity index (χ2n) is 7.14. The molecule has 2 aliphatic heterocycles. The minimum atomic E-state index is -0.595. The molecule has 0 amide bonds. The third kappa shape index (κ3) is 1.02. The molecule has 0 unspecified atom stereocenters. The van der Waals surface area contributed by atoms with E-state index >= 15 is 0 Å². The van der Waals surface area contributed by atoms with Gasteiger partial charge in [0.25, 0.3) is 0 Å². The first-order valence-electron chi connectivity index (χ1n) is 7.88. The Morgan fingerprint density at radius 3 is 3.15 bits per heavy atom. The molecule has 4 atom stereocenters. The van der Waals surface area contributed by atoms with Gasteiger partial charge >= 0.3 is 0 Å². The van der Waals surface area contributed by atoms with Crippen LogP contribution in [0.15, 0.2) is 18.2 Å². The quantitative estimate of drug-likeness (QED) is 0.782. The van der Waals surface area contributed by atoms with E-state index in [9.17, 15) is 5.11 Å². The van der Waals surface area contributed by atoms with Crippen molar-refractivity contribution in [3.05, 3.63) is 29.3 Å². The molecule has 1 N–H and O–H groups in total. The Balaban J connectivity index is 1.85. The van der Waals surface area contributed by atoms with Gasteiger partial charge in [-0.05, 0) is 57.3 Å². The van der Waals surface area contributed by atoms with Gasteiger partial charge in [-0.1, -0.05) is 12.1 Å². The maximum absolute atomic E-state index is 11.7. The Morgan fingerprint density at radius 1 is 1.35 bits per heavy atom. The van der Waals surface area contributed by atoms with E-state index in [1.54, 1.807) is 0 Å². The van der Waals surface area contributed by atoms with Crippen LogP contribution in [-0.2, 0) is 11.8 Å². The van der Waals surface area contributed by atoms with Crippen LogP contribution in [0, 0.1) is 0 Å². The summed E-state index contributed by atoms with van der Waals surface area (Å²) in [7, 11) is 2.17. The molecule has 2 aliphatic carbocycles. The smallest absolute Gasteiger partial charge is 0.124 e. The van der Waals surface area contributed by atoms with Crippen LogP contribution in [0.3, 0.4) is 0 Å². The van der Waals surface area contributed by atoms with Crippen LogP contribution < -0.4 is 4.74 Å². The van der Waals surface area contributed by atoms with Crippen molar-refractivity contribution in [2.75, 3.05) is 13.6 Å². The van der Waals surface area contributed by atoms with Gasteiger partial charge in [0.2, 0.25) is 0 Å². The Kier molecular flexibility index (Phi) is 1.97. The molecular weight excluding hydrogens is 250 g/mol. The highest BCUT2D eigenvalue weighted by atomic mass is 16.5. The first-order chi connectivity index (χ1) is 9.67. The standard InChI is InChI=1S/C17H21NO2/c1-18-9-8-16-14-6-3-7-17(16,19)13(18)10-11-4-2-5-12(20-14)15(11)16/h2,4-5,13-14,19H,3,6-10H2,1H3/t13-,14+,16-,17-/m1/s1. The van der Waals surface area contributed by atoms with Gasteiger partial charge in [-0.25, -0.2) is 0 Å². The highest BCUT2D eigenvalue weighted by molar-refractivity contribution is 5.56. The average Bonchev–Trinajstić information content (AvgIpc) is 2.76. The zero-order valence-corrected chi connectivity index (χ0v) is 11.9. The zero-order chi connectivity index (χ0) is 13.5. The molecule has 4 aliphatic rings. The van der Waals surface area contributed by atoms with Gasteiger partial charge in [0.1, 0.15) is 11.9 Å². The number of likely N-dealkylation sites (tertiary alicyclic amines) is 1. The summed E-state index contributed by atoms with van der Waals surface area (Å²) in [6, 6.07) is 6.71. The van der Waals surface area contributed by atoms with Gasteiger partial charge in [-0.2, -0.15) is 0 Å². The number of hydrogen-bond donors (Lipinski definition) is 1. The van der Waals surface area contributed by atoms with E-state index in [0.29, 0.717) is 0 Å². The molecule has 20 heavy (non-hydrogen) atoms. The van der Waals surface area contributed by atoms with Crippen molar-refractivity contribution in [1.29, 1.82) is 0 Å². The largest absolute Gasteiger partial charge is 0.489 e. The molecule has 0 aromatic heterocycles. The maximum atomic E-state index is 11.7. The predicted molar refractivity (Wildman–Crippen MR) is 76.1 cm³/mol. The topological polar surface area (TPSA) is 32.7 Å². The van der Waals surface area contributed by atoms with Gasteiger partial charge in [-0.3, -0.25) is 0 Å². The number of nitrogens with zero attached hydrogens (tertiary/aromatic N) is 1. The van der Waals surface area contributed by atoms with Crippen molar-refractivity contribution < 1.29 is 9.84 Å². The number of ether oxygens (including phenoxy) is 1. The minimum absolute atomic E-state index is 0.132. The molecular formula is C17H21NO2. The summed E-state index contributed by atoms with van der Waals surface area (Å²) >= 11 is 0. The van der Waals surface area contributed by atoms with E-state index in [4.69, 9.17) is 4.74 Å². The monoisotopic (exact) mass is 271 g/mol. The molecule has 1 aromatic carbocycles. The van der Waals surface area contributed by atoms with E-state index in [0.717, 1.165) is 44.4 Å². The third-order valence-electron chi connectivity index (χ3n) is 6.53. The first-order valence-corrected chi connectivity index (χ1v) is 7.88. The van der Waals surface area contributed by atoms with Crippen LogP contribution >= 0.6 is 0 Å². The van der Waals surface area contributed by atoms with E-state index in [2.05, 4.69) is 30.1 Å². The van der Waals surface area contributed by atoms with Crippen LogP contribution in [0.5, 0.6) is 5.75 Å². The SMILES string of the molecule is CN1CC[C@]23c4c5cccc4O[C@H]2CCC[C@@]3(O)[C@H]1C5. The van der Waals surface area contributed by atoms with E-state index < -0.39 is 5.60 Å². The fourth-order valence-corrected chi connectivity index (χ4v) is 5.72. The van der Waals surface area contributed by atoms with Crippen molar-refractivity contribution in [3.63, 3.8) is 0 Å². The van der Waals surface area contributed by atoms with Gasteiger partial charge in [0, 0.05) is 11.6 Å². The van der Waals surface area contributed by atoms with Crippen LogP contribution in [0.4, 0.5) is 0 Å². The van der Waals surface area contributed by atoms with Crippen molar-refractivity contribution in [2.45, 2.75) is 55.3 Å². The lowest BCUT2D eigenvalue weighted by molar-refractivity contribution is -0.180. The molecule has 1 spiro atoms. The Morgan fingerprint density at radius 2 is 2.25 bits per heavy atom. The number of benzene rings is 1. The van der Waals surface area contributed by atoms with Gasteiger partial charge < -0.3 is 14.7 Å². The molecule has 3 heteroatoms. The third-order valence-corrected chi connectivity index (χ3v) is 6.53. The molecule has 106 valence electrons. The molecule has 3 nitrogen and oxygen atoms in total. The number of piperidine rings is 1. The Labute approximate surface area is 119 Å². The summed E-state index contributed by atoms with van der Waals surface area (Å²) in [5.41, 5.74) is 2.04. The molecule has 2 bridgehead atoms. The number of rotatable bonds is 0. The van der Waals surface area contributed by atoms with Gasteiger partial charge in [-0.15, -0.1) is 0 Å². The van der Waals surface area contributed by atoms with Crippen LogP contribution in [0.2, 0.25) is 0 Å². The number of likely N-dealkylation sites (N-methyl/N-ethyl adjacent to an activating group) is 1. The zero-order valence-electron chi connectivity index (χ0n) is 11.9. The van der Waals surface area contributed by atoms with E-state index in [1.807, 2.05) is 0 Å². The molecule has 1 saturated heterocycles. The summed E-state index contributed by atoms with van der Waals surface area (Å²) < 4.78 is 6.30. The van der Waals surface area contributed by atoms with Crippen molar-refractivity contribution in [1.82, 2.24) is 4.90 Å². The lowest BCUT2D eigenvalue weighted by atomic mass is 9.49. The lowest BCUT2D eigenvalue weighted by Crippen LogP contribution is -2.74. The van der Waals surface area contributed by atoms with E-state index in [1.165, 1.54) is 11.1 Å². The molecule has 1 aromatic rings. The minimum Gasteiger partial charge on any atom is -0.489 e. The summed E-state index contributed by atoms with van der Waals surface area (Å²) in [6.07, 6.45) is 5.28. The maximum Gasteiger partial charge on any atom is 0.124 e. The molecule has 0 radical (unpaired) electrons. The van der Waals surface area contributed by atoms with Crippen LogP contribution in [0.25, 0.3) is 0 Å². The first kappa shape index (κ1) is 11.6. The summed E-state index contributed by atoms with van der Waals surface area (Å²) in [5.74, 6) is 1.05. The normalized spacial score (nSPS) is 44.9. The van der Waals surface area contributed by atoms with Gasteiger partial charge in [0.05, 0.1) is 11.0 Å². The van der Waals surface area contributed by atoms with Crippen molar-refractivity contribution >= 4 is 0 Å². The predicted octanol–water partition coefficient (Wildman–Crippen LogP) is 1.86. The Bertz CT molecular complexity index is 601. The molecule has 2 fully saturated rings. The second kappa shape index (κ2) is 3.40. The Hall–Kier alpha value is -1.06. The van der Waals surface area contributed by atoms with Gasteiger partial charge in [0.15, 0.2) is 0 Å². The van der Waals surface area contributed by atoms with Crippen molar-refractivity contribution in [2.24, 2.45) is 0 Å². The number of hydrogen-bond acceptors (Lipinski definition) is 3. The second-order valence-corrected chi connectivity index (χ2v) is 7.14. The van der Waals surface area contributed by atoms with E-state index in [-0.39, 0.29) is 17.6 Å². The highest BCUT2D eigenvalue weighted by Gasteiger charge is 2.70. The molecule has 2 heterocycles. The summed E-state index contributed by atoms with van der Waals surface area (Å²) in [6.45, 7) is 1.07. The molecule has 1 saturated carbocycles.